The first kappa shape index (κ1) is 17.4. The summed E-state index contributed by atoms with van der Waals surface area (Å²) < 4.78 is 2.36. The molecule has 0 saturated heterocycles. The third-order valence-corrected chi connectivity index (χ3v) is 4.41. The first-order chi connectivity index (χ1) is 11.8. The van der Waals surface area contributed by atoms with Gasteiger partial charge in [-0.15, -0.1) is 0 Å². The van der Waals surface area contributed by atoms with Crippen LogP contribution in [0.3, 0.4) is 0 Å². The summed E-state index contributed by atoms with van der Waals surface area (Å²) in [5.41, 5.74) is 3.33. The minimum atomic E-state index is -0.608. The predicted octanol–water partition coefficient (Wildman–Crippen LogP) is 3.24. The van der Waals surface area contributed by atoms with Crippen molar-refractivity contribution in [3.63, 3.8) is 0 Å². The monoisotopic (exact) mass is 403 g/mol. The lowest BCUT2D eigenvalue weighted by atomic mass is 10.0. The van der Waals surface area contributed by atoms with Crippen LogP contribution >= 0.6 is 15.9 Å². The van der Waals surface area contributed by atoms with E-state index in [0.717, 1.165) is 15.4 Å². The number of rotatable bonds is 4. The number of pyridine rings is 1. The molecule has 0 radical (unpaired) electrons. The van der Waals surface area contributed by atoms with Crippen molar-refractivity contribution in [1.82, 2.24) is 14.5 Å². The molecule has 3 aromatic rings. The van der Waals surface area contributed by atoms with Gasteiger partial charge in [-0.3, -0.25) is 15.5 Å². The molecule has 0 bridgehead atoms. The minimum Gasteiger partial charge on any atom is -0.372 e. The summed E-state index contributed by atoms with van der Waals surface area (Å²) in [6, 6.07) is 6.79. The Morgan fingerprint density at radius 1 is 1.20 bits per heavy atom. The molecular formula is C17H18BrN5O2. The Bertz CT molecular complexity index is 983. The molecule has 3 N–H and O–H groups in total. The van der Waals surface area contributed by atoms with Gasteiger partial charge in [0.1, 0.15) is 0 Å². The molecule has 1 aromatic carbocycles. The van der Waals surface area contributed by atoms with Gasteiger partial charge >= 0.3 is 0 Å². The van der Waals surface area contributed by atoms with Gasteiger partial charge in [-0.1, -0.05) is 0 Å². The molecule has 0 amide bonds. The zero-order chi connectivity index (χ0) is 18.2. The number of fused-ring (bicyclic) bond motifs is 1. The van der Waals surface area contributed by atoms with Crippen molar-refractivity contribution in [2.45, 2.75) is 19.4 Å². The van der Waals surface area contributed by atoms with Gasteiger partial charge < -0.3 is 9.88 Å². The van der Waals surface area contributed by atoms with Crippen LogP contribution in [0.15, 0.2) is 45.9 Å². The second-order valence-corrected chi connectivity index (χ2v) is 7.19. The van der Waals surface area contributed by atoms with Gasteiger partial charge in [-0.05, 0) is 48.0 Å². The number of hydrogen-bond acceptors (Lipinski definition) is 6. The second kappa shape index (κ2) is 6.45. The number of aryl methyl sites for hydroxylation is 1. The molecule has 0 spiro atoms. The molecule has 0 aliphatic carbocycles. The highest BCUT2D eigenvalue weighted by atomic mass is 79.9. The molecule has 0 fully saturated rings. The van der Waals surface area contributed by atoms with Crippen LogP contribution in [0.25, 0.3) is 10.9 Å². The third-order valence-electron chi connectivity index (χ3n) is 4.00. The molecule has 2 heterocycles. The number of nitrogens with one attached hydrogen (secondary N) is 2. The highest BCUT2D eigenvalue weighted by Gasteiger charge is 2.25. The fourth-order valence-corrected chi connectivity index (χ4v) is 2.87. The second-order valence-electron chi connectivity index (χ2n) is 6.27. The Labute approximate surface area is 152 Å². The van der Waals surface area contributed by atoms with Crippen LogP contribution in [0.2, 0.25) is 0 Å². The normalized spacial score (nSPS) is 11.6. The molecule has 2 aromatic heterocycles. The Morgan fingerprint density at radius 3 is 2.52 bits per heavy atom. The molecule has 8 heteroatoms. The lowest BCUT2D eigenvalue weighted by Crippen LogP contribution is -2.31. The van der Waals surface area contributed by atoms with Gasteiger partial charge in [0.05, 0.1) is 21.2 Å². The van der Waals surface area contributed by atoms with Crippen LogP contribution in [0.4, 0.5) is 11.4 Å². The van der Waals surface area contributed by atoms with Crippen molar-refractivity contribution in [2.75, 3.05) is 10.8 Å². The fraction of sp³-hybridized carbons (Fsp3) is 0.235. The Morgan fingerprint density at radius 2 is 1.88 bits per heavy atom. The van der Waals surface area contributed by atoms with E-state index in [1.165, 1.54) is 6.07 Å². The molecule has 7 nitrogen and oxygen atoms in total. The molecule has 0 saturated carbocycles. The summed E-state index contributed by atoms with van der Waals surface area (Å²) in [5.74, 6) is 0.598. The zero-order valence-electron chi connectivity index (χ0n) is 14.0. The number of hydrogen-bond donors (Lipinski definition) is 3. The number of benzene rings is 1. The molecular weight excluding hydrogens is 386 g/mol. The first-order valence-electron chi connectivity index (χ1n) is 7.62. The van der Waals surface area contributed by atoms with Crippen LogP contribution in [0, 0.1) is 0 Å². The zero-order valence-corrected chi connectivity index (χ0v) is 15.6. The van der Waals surface area contributed by atoms with E-state index in [0.29, 0.717) is 17.2 Å². The van der Waals surface area contributed by atoms with Crippen LogP contribution in [-0.2, 0) is 12.6 Å². The van der Waals surface area contributed by atoms with Crippen LogP contribution in [-0.4, -0.2) is 19.7 Å². The van der Waals surface area contributed by atoms with E-state index in [-0.39, 0.29) is 5.56 Å². The maximum atomic E-state index is 12.3. The molecule has 0 atom stereocenters. The highest BCUT2D eigenvalue weighted by Crippen LogP contribution is 2.29. The van der Waals surface area contributed by atoms with E-state index in [4.69, 9.17) is 0 Å². The largest absolute Gasteiger partial charge is 0.372 e. The molecule has 25 heavy (non-hydrogen) atoms. The van der Waals surface area contributed by atoms with Crippen LogP contribution < -0.4 is 16.4 Å². The van der Waals surface area contributed by atoms with Crippen molar-refractivity contribution in [1.29, 1.82) is 0 Å². The van der Waals surface area contributed by atoms with Crippen molar-refractivity contribution >= 4 is 38.2 Å². The van der Waals surface area contributed by atoms with Gasteiger partial charge in [0.15, 0.2) is 5.82 Å². The van der Waals surface area contributed by atoms with E-state index in [2.05, 4.69) is 36.7 Å². The lowest BCUT2D eigenvalue weighted by Gasteiger charge is -2.27. The van der Waals surface area contributed by atoms with E-state index in [1.807, 2.05) is 13.8 Å². The summed E-state index contributed by atoms with van der Waals surface area (Å²) in [4.78, 5) is 21.0. The smallest absolute Gasteiger partial charge is 0.252 e. The molecule has 0 aliphatic heterocycles. The summed E-state index contributed by atoms with van der Waals surface area (Å²) in [6.07, 6.45) is 3.36. The topological polar surface area (TPSA) is 92.1 Å². The third kappa shape index (κ3) is 3.35. The molecule has 130 valence electrons. The Balaban J connectivity index is 2.13. The van der Waals surface area contributed by atoms with Crippen molar-refractivity contribution in [3.05, 3.63) is 57.3 Å². The standard InChI is InChI=1S/C17H18BrN5O2/c1-17(2,16-19-8-10(18)9-20-16)21-13-7-15(24)23(3)14-5-4-11(22-25)6-12(13)14/h4-9,21-22,25H,1-3H3. The number of anilines is 2. The van der Waals surface area contributed by atoms with Gasteiger partial charge in [0.25, 0.3) is 5.56 Å². The quantitative estimate of drug-likeness (QED) is 0.579. The fourth-order valence-electron chi connectivity index (χ4n) is 2.66. The average molecular weight is 404 g/mol. The van der Waals surface area contributed by atoms with Crippen molar-refractivity contribution in [3.8, 4) is 0 Å². The predicted molar refractivity (Wildman–Crippen MR) is 101 cm³/mol. The Kier molecular flexibility index (Phi) is 4.49. The van der Waals surface area contributed by atoms with E-state index in [1.54, 1.807) is 42.2 Å². The van der Waals surface area contributed by atoms with Gasteiger partial charge in [0, 0.05) is 36.6 Å². The van der Waals surface area contributed by atoms with Gasteiger partial charge in [0.2, 0.25) is 0 Å². The lowest BCUT2D eigenvalue weighted by molar-refractivity contribution is 0.389. The average Bonchev–Trinajstić information content (AvgIpc) is 2.59. The van der Waals surface area contributed by atoms with Gasteiger partial charge in [-0.25, -0.2) is 9.97 Å². The molecule has 0 unspecified atom stereocenters. The highest BCUT2D eigenvalue weighted by molar-refractivity contribution is 9.10. The molecule has 3 rings (SSSR count). The minimum absolute atomic E-state index is 0.132. The van der Waals surface area contributed by atoms with E-state index in [9.17, 15) is 10.0 Å². The first-order valence-corrected chi connectivity index (χ1v) is 8.41. The van der Waals surface area contributed by atoms with Gasteiger partial charge in [-0.2, -0.15) is 0 Å². The van der Waals surface area contributed by atoms with Crippen LogP contribution in [0.5, 0.6) is 0 Å². The van der Waals surface area contributed by atoms with E-state index < -0.39 is 5.54 Å². The maximum Gasteiger partial charge on any atom is 0.252 e. The number of halogens is 1. The summed E-state index contributed by atoms with van der Waals surface area (Å²) >= 11 is 3.32. The van der Waals surface area contributed by atoms with E-state index >= 15 is 0 Å². The molecule has 0 aliphatic rings. The summed E-state index contributed by atoms with van der Waals surface area (Å²) in [5, 5.41) is 13.3. The SMILES string of the molecule is Cn1c(=O)cc(NC(C)(C)c2ncc(Br)cn2)c2cc(NO)ccc21. The summed E-state index contributed by atoms with van der Waals surface area (Å²) in [7, 11) is 1.71. The summed E-state index contributed by atoms with van der Waals surface area (Å²) in [6.45, 7) is 3.88. The number of aromatic nitrogens is 3. The van der Waals surface area contributed by atoms with Crippen molar-refractivity contribution in [2.24, 2.45) is 7.05 Å². The van der Waals surface area contributed by atoms with Crippen molar-refractivity contribution < 1.29 is 5.21 Å². The van der Waals surface area contributed by atoms with Crippen LogP contribution in [0.1, 0.15) is 19.7 Å². The Hall–Kier alpha value is -2.45. The maximum absolute atomic E-state index is 12.3. The number of nitrogens with zero attached hydrogens (tertiary/aromatic N) is 3.